The standard InChI is InChI=1S/C17H14ClNO3S/c18-12-4-6-13(7-5-12)23(21,22)19-9-8-11-2-1-3-14-16(20)10-15(19)17(11)14/h1-7,15H,8-10H2/t15-/m0/s1. The second-order valence-electron chi connectivity index (χ2n) is 5.84. The Hall–Kier alpha value is -1.69. The lowest BCUT2D eigenvalue weighted by Crippen LogP contribution is -2.39. The van der Waals surface area contributed by atoms with Gasteiger partial charge in [0.1, 0.15) is 0 Å². The predicted molar refractivity (Wildman–Crippen MR) is 87.2 cm³/mol. The average Bonchev–Trinajstić information content (AvgIpc) is 2.87. The topological polar surface area (TPSA) is 54.5 Å². The van der Waals surface area contributed by atoms with Gasteiger partial charge in [0.25, 0.3) is 0 Å². The van der Waals surface area contributed by atoms with E-state index in [0.717, 1.165) is 11.1 Å². The van der Waals surface area contributed by atoms with E-state index in [-0.39, 0.29) is 23.1 Å². The number of hydrogen-bond acceptors (Lipinski definition) is 3. The zero-order valence-electron chi connectivity index (χ0n) is 12.2. The van der Waals surface area contributed by atoms with Crippen molar-refractivity contribution in [2.45, 2.75) is 23.8 Å². The molecule has 2 aromatic carbocycles. The second-order valence-corrected chi connectivity index (χ2v) is 8.17. The van der Waals surface area contributed by atoms with Gasteiger partial charge in [-0.2, -0.15) is 4.31 Å². The maximum atomic E-state index is 13.0. The predicted octanol–water partition coefficient (Wildman–Crippen LogP) is 3.21. The molecular formula is C17H14ClNO3S. The minimum absolute atomic E-state index is 0.0186. The number of ketones is 1. The Morgan fingerprint density at radius 3 is 2.57 bits per heavy atom. The molecule has 118 valence electrons. The Kier molecular flexibility index (Phi) is 3.34. The molecular weight excluding hydrogens is 334 g/mol. The molecule has 0 fully saturated rings. The van der Waals surface area contributed by atoms with Crippen LogP contribution in [0.3, 0.4) is 0 Å². The molecule has 1 aliphatic carbocycles. The van der Waals surface area contributed by atoms with Gasteiger partial charge in [0, 0.05) is 23.6 Å². The minimum Gasteiger partial charge on any atom is -0.294 e. The molecule has 0 saturated carbocycles. The molecule has 0 radical (unpaired) electrons. The molecule has 0 unspecified atom stereocenters. The minimum atomic E-state index is -3.65. The molecule has 0 saturated heterocycles. The molecule has 0 N–H and O–H groups in total. The summed E-state index contributed by atoms with van der Waals surface area (Å²) in [6.45, 7) is 0.388. The zero-order chi connectivity index (χ0) is 16.2. The van der Waals surface area contributed by atoms with Crippen LogP contribution in [0.25, 0.3) is 0 Å². The van der Waals surface area contributed by atoms with Gasteiger partial charge in [-0.15, -0.1) is 0 Å². The lowest BCUT2D eigenvalue weighted by Gasteiger charge is -2.33. The summed E-state index contributed by atoms with van der Waals surface area (Å²) in [5.41, 5.74) is 2.64. The number of Topliss-reactive ketones (excluding diaryl/α,β-unsaturated/α-hetero) is 1. The van der Waals surface area contributed by atoms with Gasteiger partial charge < -0.3 is 0 Å². The number of nitrogens with zero attached hydrogens (tertiary/aromatic N) is 1. The first-order valence-corrected chi connectivity index (χ1v) is 9.23. The fourth-order valence-corrected chi connectivity index (χ4v) is 5.24. The third-order valence-corrected chi connectivity index (χ3v) is 6.75. The van der Waals surface area contributed by atoms with Gasteiger partial charge in [-0.25, -0.2) is 8.42 Å². The van der Waals surface area contributed by atoms with E-state index in [1.165, 1.54) is 16.4 Å². The summed E-state index contributed by atoms with van der Waals surface area (Å²) in [6.07, 6.45) is 0.846. The van der Waals surface area contributed by atoms with E-state index in [0.29, 0.717) is 23.6 Å². The van der Waals surface area contributed by atoms with Crippen LogP contribution >= 0.6 is 11.6 Å². The van der Waals surface area contributed by atoms with Crippen LogP contribution in [-0.4, -0.2) is 25.1 Å². The highest BCUT2D eigenvalue weighted by molar-refractivity contribution is 7.89. The van der Waals surface area contributed by atoms with Gasteiger partial charge in [-0.3, -0.25) is 4.79 Å². The molecule has 2 aliphatic rings. The van der Waals surface area contributed by atoms with Crippen LogP contribution in [0.2, 0.25) is 5.02 Å². The van der Waals surface area contributed by atoms with E-state index >= 15 is 0 Å². The summed E-state index contributed by atoms with van der Waals surface area (Å²) < 4.78 is 27.4. The van der Waals surface area contributed by atoms with E-state index in [4.69, 9.17) is 11.6 Å². The van der Waals surface area contributed by atoms with Crippen molar-refractivity contribution in [1.29, 1.82) is 0 Å². The highest BCUT2D eigenvalue weighted by atomic mass is 35.5. The summed E-state index contributed by atoms with van der Waals surface area (Å²) in [5, 5.41) is 0.492. The molecule has 0 spiro atoms. The summed E-state index contributed by atoms with van der Waals surface area (Å²) in [4.78, 5) is 12.4. The van der Waals surface area contributed by atoms with E-state index < -0.39 is 10.0 Å². The third-order valence-electron chi connectivity index (χ3n) is 4.58. The van der Waals surface area contributed by atoms with Crippen LogP contribution in [0.5, 0.6) is 0 Å². The molecule has 0 amide bonds. The van der Waals surface area contributed by atoms with Crippen LogP contribution < -0.4 is 0 Å². The molecule has 6 heteroatoms. The highest BCUT2D eigenvalue weighted by Gasteiger charge is 2.43. The van der Waals surface area contributed by atoms with Gasteiger partial charge in [0.2, 0.25) is 10.0 Å². The number of halogens is 1. The number of sulfonamides is 1. The van der Waals surface area contributed by atoms with Gasteiger partial charge in [0.05, 0.1) is 10.9 Å². The zero-order valence-corrected chi connectivity index (χ0v) is 13.8. The van der Waals surface area contributed by atoms with Crippen molar-refractivity contribution in [2.75, 3.05) is 6.54 Å². The van der Waals surface area contributed by atoms with Crippen LogP contribution in [0.1, 0.15) is 33.9 Å². The first kappa shape index (κ1) is 14.9. The van der Waals surface area contributed by atoms with Crippen molar-refractivity contribution in [1.82, 2.24) is 4.31 Å². The van der Waals surface area contributed by atoms with Crippen LogP contribution in [0, 0.1) is 0 Å². The Morgan fingerprint density at radius 1 is 1.09 bits per heavy atom. The summed E-state index contributed by atoms with van der Waals surface area (Å²) in [7, 11) is -3.65. The molecule has 1 heterocycles. The Bertz CT molecular complexity index is 906. The van der Waals surface area contributed by atoms with Gasteiger partial charge in [-0.1, -0.05) is 29.8 Å². The Morgan fingerprint density at radius 2 is 1.83 bits per heavy atom. The molecule has 4 nitrogen and oxygen atoms in total. The summed E-state index contributed by atoms with van der Waals surface area (Å²) in [5.74, 6) is 0.0186. The lowest BCUT2D eigenvalue weighted by atomic mass is 9.95. The smallest absolute Gasteiger partial charge is 0.243 e. The Labute approximate surface area is 139 Å². The summed E-state index contributed by atoms with van der Waals surface area (Å²) in [6, 6.07) is 11.4. The monoisotopic (exact) mass is 347 g/mol. The van der Waals surface area contributed by atoms with Crippen LogP contribution in [0.4, 0.5) is 0 Å². The normalized spacial score (nSPS) is 20.6. The first-order chi connectivity index (χ1) is 11.0. The van der Waals surface area contributed by atoms with Gasteiger partial charge >= 0.3 is 0 Å². The summed E-state index contributed by atoms with van der Waals surface area (Å²) >= 11 is 5.84. The molecule has 1 aliphatic heterocycles. The van der Waals surface area contributed by atoms with E-state index in [9.17, 15) is 13.2 Å². The fourth-order valence-electron chi connectivity index (χ4n) is 3.52. The average molecular weight is 348 g/mol. The van der Waals surface area contributed by atoms with E-state index in [2.05, 4.69) is 0 Å². The maximum Gasteiger partial charge on any atom is 0.243 e. The van der Waals surface area contributed by atoms with Crippen molar-refractivity contribution in [2.24, 2.45) is 0 Å². The first-order valence-electron chi connectivity index (χ1n) is 7.41. The van der Waals surface area contributed by atoms with Gasteiger partial charge in [0.15, 0.2) is 5.78 Å². The highest BCUT2D eigenvalue weighted by Crippen LogP contribution is 2.43. The maximum absolute atomic E-state index is 13.0. The van der Waals surface area contributed by atoms with Gasteiger partial charge in [-0.05, 0) is 41.8 Å². The van der Waals surface area contributed by atoms with Crippen molar-refractivity contribution >= 4 is 27.4 Å². The molecule has 0 aromatic heterocycles. The largest absolute Gasteiger partial charge is 0.294 e. The molecule has 2 aromatic rings. The van der Waals surface area contributed by atoms with E-state index in [1.807, 2.05) is 12.1 Å². The lowest BCUT2D eigenvalue weighted by molar-refractivity contribution is 0.0975. The Balaban J connectivity index is 1.80. The molecule has 4 rings (SSSR count). The number of carbonyl (C=O) groups is 1. The molecule has 23 heavy (non-hydrogen) atoms. The fraction of sp³-hybridized carbons (Fsp3) is 0.235. The number of hydrogen-bond donors (Lipinski definition) is 0. The van der Waals surface area contributed by atoms with Crippen molar-refractivity contribution in [3.05, 3.63) is 64.2 Å². The van der Waals surface area contributed by atoms with Crippen LogP contribution in [-0.2, 0) is 16.4 Å². The number of benzene rings is 2. The number of carbonyl (C=O) groups excluding carboxylic acids is 1. The van der Waals surface area contributed by atoms with Crippen molar-refractivity contribution in [3.8, 4) is 0 Å². The third kappa shape index (κ3) is 2.23. The molecule has 1 atom stereocenters. The van der Waals surface area contributed by atoms with Crippen molar-refractivity contribution < 1.29 is 13.2 Å². The quantitative estimate of drug-likeness (QED) is 0.838. The van der Waals surface area contributed by atoms with E-state index in [1.54, 1.807) is 18.2 Å². The molecule has 0 bridgehead atoms. The van der Waals surface area contributed by atoms with Crippen molar-refractivity contribution in [3.63, 3.8) is 0 Å². The van der Waals surface area contributed by atoms with Crippen LogP contribution in [0.15, 0.2) is 47.4 Å². The SMILES string of the molecule is O=C1C[C@H]2c3c(cccc31)CCN2S(=O)(=O)c1ccc(Cl)cc1. The number of rotatable bonds is 2. The second kappa shape index (κ2) is 5.16.